The third-order valence-electron chi connectivity index (χ3n) is 3.04. The van der Waals surface area contributed by atoms with Gasteiger partial charge in [-0.15, -0.1) is 0 Å². The summed E-state index contributed by atoms with van der Waals surface area (Å²) in [4.78, 5) is 23.3. The number of unbranched alkanes of at least 4 members (excludes halogenated alkanes) is 3. The Balaban J connectivity index is 2.42. The Labute approximate surface area is 124 Å². The van der Waals surface area contributed by atoms with Crippen LogP contribution in [0.1, 0.15) is 38.2 Å². The van der Waals surface area contributed by atoms with E-state index in [4.69, 9.17) is 11.6 Å². The molecule has 0 aliphatic rings. The first-order chi connectivity index (χ1) is 9.56. The second-order valence-electron chi connectivity index (χ2n) is 4.68. The van der Waals surface area contributed by atoms with Crippen LogP contribution in [0.25, 0.3) is 0 Å². The van der Waals surface area contributed by atoms with Gasteiger partial charge in [-0.3, -0.25) is 9.59 Å². The van der Waals surface area contributed by atoms with Crippen LogP contribution >= 0.6 is 11.6 Å². The molecule has 0 radical (unpaired) electrons. The van der Waals surface area contributed by atoms with Gasteiger partial charge < -0.3 is 10.6 Å². The molecule has 4 nitrogen and oxygen atoms in total. The zero-order valence-electron chi connectivity index (χ0n) is 12.0. The Morgan fingerprint density at radius 2 is 1.90 bits per heavy atom. The lowest BCUT2D eigenvalue weighted by atomic mass is 10.2. The van der Waals surface area contributed by atoms with E-state index in [0.717, 1.165) is 31.2 Å². The van der Waals surface area contributed by atoms with Crippen LogP contribution in [0.3, 0.4) is 0 Å². The third-order valence-corrected chi connectivity index (χ3v) is 3.45. The van der Waals surface area contributed by atoms with E-state index in [-0.39, 0.29) is 0 Å². The summed E-state index contributed by atoms with van der Waals surface area (Å²) in [5, 5.41) is 5.74. The standard InChI is InChI=1S/C15H21ClN2O2/c1-3-4-5-6-10-17-14(19)15(20)18-13-9-7-8-12(16)11(13)2/h7-9H,3-6,10H2,1-2H3,(H,17,19)(H,18,20). The molecule has 2 N–H and O–H groups in total. The summed E-state index contributed by atoms with van der Waals surface area (Å²) < 4.78 is 0. The quantitative estimate of drug-likeness (QED) is 0.625. The Kier molecular flexibility index (Phi) is 7.09. The molecule has 0 aliphatic carbocycles. The number of benzene rings is 1. The van der Waals surface area contributed by atoms with Crippen LogP contribution in [-0.4, -0.2) is 18.4 Å². The normalized spacial score (nSPS) is 10.2. The topological polar surface area (TPSA) is 58.2 Å². The highest BCUT2D eigenvalue weighted by atomic mass is 35.5. The first-order valence-electron chi connectivity index (χ1n) is 6.90. The smallest absolute Gasteiger partial charge is 0.313 e. The van der Waals surface area contributed by atoms with Crippen molar-refractivity contribution in [1.82, 2.24) is 5.32 Å². The van der Waals surface area contributed by atoms with Gasteiger partial charge in [-0.05, 0) is 31.0 Å². The molecule has 20 heavy (non-hydrogen) atoms. The predicted molar refractivity (Wildman–Crippen MR) is 82.0 cm³/mol. The molecule has 110 valence electrons. The fourth-order valence-corrected chi connectivity index (χ4v) is 1.93. The zero-order chi connectivity index (χ0) is 15.0. The van der Waals surface area contributed by atoms with Crippen LogP contribution in [0.15, 0.2) is 18.2 Å². The zero-order valence-corrected chi connectivity index (χ0v) is 12.7. The van der Waals surface area contributed by atoms with Crippen molar-refractivity contribution in [2.45, 2.75) is 39.5 Å². The Morgan fingerprint density at radius 3 is 2.60 bits per heavy atom. The van der Waals surface area contributed by atoms with E-state index in [1.807, 2.05) is 0 Å². The van der Waals surface area contributed by atoms with Gasteiger partial charge >= 0.3 is 11.8 Å². The summed E-state index contributed by atoms with van der Waals surface area (Å²) >= 11 is 5.96. The maximum absolute atomic E-state index is 11.7. The van der Waals surface area contributed by atoms with Crippen LogP contribution in [0.2, 0.25) is 5.02 Å². The van der Waals surface area contributed by atoms with Crippen molar-refractivity contribution in [3.63, 3.8) is 0 Å². The summed E-state index contributed by atoms with van der Waals surface area (Å²) in [6, 6.07) is 5.18. The van der Waals surface area contributed by atoms with E-state index in [2.05, 4.69) is 17.6 Å². The maximum atomic E-state index is 11.7. The molecule has 2 amide bonds. The molecule has 0 heterocycles. The number of hydrogen-bond donors (Lipinski definition) is 2. The van der Waals surface area contributed by atoms with Crippen LogP contribution < -0.4 is 10.6 Å². The van der Waals surface area contributed by atoms with Gasteiger partial charge in [0.2, 0.25) is 0 Å². The van der Waals surface area contributed by atoms with E-state index in [9.17, 15) is 9.59 Å². The lowest BCUT2D eigenvalue weighted by Gasteiger charge is -2.09. The summed E-state index contributed by atoms with van der Waals surface area (Å²) in [6.07, 6.45) is 4.24. The molecule has 0 aliphatic heterocycles. The fourth-order valence-electron chi connectivity index (χ4n) is 1.76. The van der Waals surface area contributed by atoms with Crippen molar-refractivity contribution in [1.29, 1.82) is 0 Å². The molecular formula is C15H21ClN2O2. The first-order valence-corrected chi connectivity index (χ1v) is 7.28. The molecule has 1 aromatic rings. The second-order valence-corrected chi connectivity index (χ2v) is 5.09. The van der Waals surface area contributed by atoms with Gasteiger partial charge in [0.25, 0.3) is 0 Å². The van der Waals surface area contributed by atoms with Crippen molar-refractivity contribution < 1.29 is 9.59 Å². The Morgan fingerprint density at radius 1 is 1.15 bits per heavy atom. The van der Waals surface area contributed by atoms with Crippen molar-refractivity contribution in [3.8, 4) is 0 Å². The molecule has 0 fully saturated rings. The molecule has 0 spiro atoms. The third kappa shape index (κ3) is 5.21. The predicted octanol–water partition coefficient (Wildman–Crippen LogP) is 3.28. The summed E-state index contributed by atoms with van der Waals surface area (Å²) in [5.41, 5.74) is 1.31. The van der Waals surface area contributed by atoms with Crippen LogP contribution in [0.5, 0.6) is 0 Å². The van der Waals surface area contributed by atoms with Crippen molar-refractivity contribution >= 4 is 29.1 Å². The highest BCUT2D eigenvalue weighted by molar-refractivity contribution is 6.40. The van der Waals surface area contributed by atoms with Crippen LogP contribution in [0, 0.1) is 6.92 Å². The second kappa shape index (κ2) is 8.59. The minimum absolute atomic E-state index is 0.529. The molecule has 1 rings (SSSR count). The summed E-state index contributed by atoms with van der Waals surface area (Å²) in [6.45, 7) is 4.45. The largest absolute Gasteiger partial charge is 0.348 e. The van der Waals surface area contributed by atoms with E-state index >= 15 is 0 Å². The van der Waals surface area contributed by atoms with Crippen LogP contribution in [-0.2, 0) is 9.59 Å². The number of rotatable bonds is 6. The lowest BCUT2D eigenvalue weighted by Crippen LogP contribution is -2.36. The Hall–Kier alpha value is -1.55. The molecular weight excluding hydrogens is 276 g/mol. The van der Waals surface area contributed by atoms with Crippen LogP contribution in [0.4, 0.5) is 5.69 Å². The highest BCUT2D eigenvalue weighted by Crippen LogP contribution is 2.22. The summed E-state index contributed by atoms with van der Waals surface area (Å²) in [5.74, 6) is -1.27. The molecule has 0 saturated carbocycles. The molecule has 5 heteroatoms. The van der Waals surface area contributed by atoms with E-state index in [1.54, 1.807) is 25.1 Å². The minimum Gasteiger partial charge on any atom is -0.348 e. The molecule has 0 aromatic heterocycles. The van der Waals surface area contributed by atoms with Gasteiger partial charge in [-0.1, -0.05) is 43.9 Å². The number of carbonyl (C=O) groups is 2. The van der Waals surface area contributed by atoms with Crippen molar-refractivity contribution in [2.24, 2.45) is 0 Å². The van der Waals surface area contributed by atoms with E-state index in [0.29, 0.717) is 17.3 Å². The minimum atomic E-state index is -0.661. The number of carbonyl (C=O) groups excluding carboxylic acids is 2. The SMILES string of the molecule is CCCCCCNC(=O)C(=O)Nc1cccc(Cl)c1C. The van der Waals surface area contributed by atoms with Gasteiger partial charge in [-0.25, -0.2) is 0 Å². The first kappa shape index (κ1) is 16.5. The number of hydrogen-bond acceptors (Lipinski definition) is 2. The molecule has 0 saturated heterocycles. The van der Waals surface area contributed by atoms with E-state index < -0.39 is 11.8 Å². The van der Waals surface area contributed by atoms with Crippen molar-refractivity contribution in [2.75, 3.05) is 11.9 Å². The number of halogens is 1. The van der Waals surface area contributed by atoms with Gasteiger partial charge in [0.05, 0.1) is 0 Å². The maximum Gasteiger partial charge on any atom is 0.313 e. The van der Waals surface area contributed by atoms with E-state index in [1.165, 1.54) is 0 Å². The molecule has 0 atom stereocenters. The molecule has 1 aromatic carbocycles. The average molecular weight is 297 g/mol. The van der Waals surface area contributed by atoms with Gasteiger partial charge in [-0.2, -0.15) is 0 Å². The number of nitrogens with one attached hydrogen (secondary N) is 2. The fraction of sp³-hybridized carbons (Fsp3) is 0.467. The summed E-state index contributed by atoms with van der Waals surface area (Å²) in [7, 11) is 0. The number of amides is 2. The van der Waals surface area contributed by atoms with Crippen molar-refractivity contribution in [3.05, 3.63) is 28.8 Å². The van der Waals surface area contributed by atoms with Gasteiger partial charge in [0.1, 0.15) is 0 Å². The molecule has 0 unspecified atom stereocenters. The van der Waals surface area contributed by atoms with Gasteiger partial charge in [0.15, 0.2) is 0 Å². The number of anilines is 1. The average Bonchev–Trinajstić information content (AvgIpc) is 2.43. The highest BCUT2D eigenvalue weighted by Gasteiger charge is 2.14. The Bertz CT molecular complexity index is 475. The van der Waals surface area contributed by atoms with Gasteiger partial charge in [0, 0.05) is 17.3 Å². The monoisotopic (exact) mass is 296 g/mol. The molecule has 0 bridgehead atoms. The lowest BCUT2D eigenvalue weighted by molar-refractivity contribution is -0.136.